The lowest BCUT2D eigenvalue weighted by atomic mass is 10.1. The van der Waals surface area contributed by atoms with Crippen LogP contribution in [0.15, 0.2) is 23.1 Å². The summed E-state index contributed by atoms with van der Waals surface area (Å²) in [7, 11) is -2.29. The molecule has 1 N–H and O–H groups in total. The molecule has 0 radical (unpaired) electrons. The Morgan fingerprint density at radius 1 is 1.21 bits per heavy atom. The Kier molecular flexibility index (Phi) is 8.05. The third-order valence-corrected chi connectivity index (χ3v) is 6.45. The summed E-state index contributed by atoms with van der Waals surface area (Å²) in [6.45, 7) is 10.9. The van der Waals surface area contributed by atoms with Crippen LogP contribution >= 0.6 is 11.6 Å². The van der Waals surface area contributed by atoms with Crippen molar-refractivity contribution in [3.05, 3.63) is 28.8 Å². The molecule has 2 amide bonds. The van der Waals surface area contributed by atoms with Crippen LogP contribution in [-0.2, 0) is 14.8 Å². The predicted molar refractivity (Wildman–Crippen MR) is 111 cm³/mol. The van der Waals surface area contributed by atoms with E-state index in [1.807, 2.05) is 20.8 Å². The number of hydrogen-bond donors (Lipinski definition) is 1. The quantitative estimate of drug-likeness (QED) is 0.719. The van der Waals surface area contributed by atoms with Crippen molar-refractivity contribution in [2.75, 3.05) is 20.1 Å². The molecule has 0 aliphatic carbocycles. The normalized spacial score (nSPS) is 12.4. The number of amides is 2. The van der Waals surface area contributed by atoms with Crippen molar-refractivity contribution in [2.24, 2.45) is 0 Å². The van der Waals surface area contributed by atoms with E-state index in [1.165, 1.54) is 34.5 Å². The zero-order valence-electron chi connectivity index (χ0n) is 17.5. The number of carbonyl (C=O) groups excluding carboxylic acids is 2. The molecule has 9 heteroatoms. The van der Waals surface area contributed by atoms with E-state index in [1.54, 1.807) is 20.8 Å². The molecule has 0 aliphatic rings. The summed E-state index contributed by atoms with van der Waals surface area (Å²) in [6, 6.07) is 3.78. The van der Waals surface area contributed by atoms with Crippen LogP contribution in [-0.4, -0.2) is 61.2 Å². The molecular formula is C19H30ClN3O4S. The maximum absolute atomic E-state index is 12.9. The second-order valence-electron chi connectivity index (χ2n) is 7.87. The van der Waals surface area contributed by atoms with Crippen LogP contribution in [0.3, 0.4) is 0 Å². The summed E-state index contributed by atoms with van der Waals surface area (Å²) >= 11 is 6.17. The lowest BCUT2D eigenvalue weighted by molar-refractivity contribution is -0.123. The minimum atomic E-state index is -3.77. The molecule has 0 aliphatic heterocycles. The number of nitrogens with one attached hydrogen (secondary N) is 1. The highest BCUT2D eigenvalue weighted by atomic mass is 35.5. The van der Waals surface area contributed by atoms with Gasteiger partial charge < -0.3 is 10.2 Å². The fraction of sp³-hybridized carbons (Fsp3) is 0.579. The van der Waals surface area contributed by atoms with E-state index in [0.717, 1.165) is 0 Å². The molecule has 0 saturated heterocycles. The minimum absolute atomic E-state index is 0.0216. The molecule has 1 rings (SSSR count). The van der Waals surface area contributed by atoms with Crippen molar-refractivity contribution in [1.29, 1.82) is 0 Å². The molecule has 0 unspecified atom stereocenters. The van der Waals surface area contributed by atoms with Crippen LogP contribution in [0.25, 0.3) is 0 Å². The highest BCUT2D eigenvalue weighted by molar-refractivity contribution is 7.89. The van der Waals surface area contributed by atoms with Crippen molar-refractivity contribution in [3.63, 3.8) is 0 Å². The molecule has 0 spiro atoms. The molecule has 1 aromatic rings. The van der Waals surface area contributed by atoms with Gasteiger partial charge in [0.05, 0.1) is 22.0 Å². The van der Waals surface area contributed by atoms with Crippen molar-refractivity contribution in [1.82, 2.24) is 14.5 Å². The first-order valence-electron chi connectivity index (χ1n) is 9.08. The standard InChI is InChI=1S/C19H30ClN3O4S/c1-8-23(12-17(24)21-19(4,5)6)18(25)15-11-14(9-10-16(15)20)28(26,27)22(7)13(2)3/h9-11,13H,8,12H2,1-7H3,(H,21,24). The largest absolute Gasteiger partial charge is 0.350 e. The lowest BCUT2D eigenvalue weighted by Gasteiger charge is -2.26. The molecule has 1 aromatic carbocycles. The second kappa shape index (κ2) is 9.24. The number of likely N-dealkylation sites (N-methyl/N-ethyl adjacent to an activating group) is 1. The third kappa shape index (κ3) is 6.18. The summed E-state index contributed by atoms with van der Waals surface area (Å²) in [5, 5.41) is 2.93. The van der Waals surface area contributed by atoms with E-state index < -0.39 is 21.5 Å². The van der Waals surface area contributed by atoms with Gasteiger partial charge in [-0.2, -0.15) is 4.31 Å². The number of sulfonamides is 1. The van der Waals surface area contributed by atoms with Crippen molar-refractivity contribution >= 4 is 33.4 Å². The average molecular weight is 432 g/mol. The zero-order valence-corrected chi connectivity index (χ0v) is 19.1. The highest BCUT2D eigenvalue weighted by Gasteiger charge is 2.27. The first-order chi connectivity index (χ1) is 12.7. The van der Waals surface area contributed by atoms with E-state index in [2.05, 4.69) is 5.32 Å². The van der Waals surface area contributed by atoms with E-state index in [0.29, 0.717) is 0 Å². The molecule has 7 nitrogen and oxygen atoms in total. The number of rotatable bonds is 7. The van der Waals surface area contributed by atoms with Crippen molar-refractivity contribution < 1.29 is 18.0 Å². The first kappa shape index (κ1) is 24.4. The number of nitrogens with zero attached hydrogens (tertiary/aromatic N) is 2. The fourth-order valence-corrected chi connectivity index (χ4v) is 3.99. The number of halogens is 1. The predicted octanol–water partition coefficient (Wildman–Crippen LogP) is 2.75. The summed E-state index contributed by atoms with van der Waals surface area (Å²) in [4.78, 5) is 26.4. The van der Waals surface area contributed by atoms with E-state index in [9.17, 15) is 18.0 Å². The van der Waals surface area contributed by atoms with Gasteiger partial charge in [-0.25, -0.2) is 8.42 Å². The molecule has 0 fully saturated rings. The van der Waals surface area contributed by atoms with Gasteiger partial charge in [0.1, 0.15) is 0 Å². The van der Waals surface area contributed by atoms with Crippen LogP contribution in [0.2, 0.25) is 5.02 Å². The molecule has 0 aromatic heterocycles. The maximum Gasteiger partial charge on any atom is 0.255 e. The Morgan fingerprint density at radius 3 is 2.25 bits per heavy atom. The molecule has 0 heterocycles. The summed E-state index contributed by atoms with van der Waals surface area (Å²) < 4.78 is 26.7. The lowest BCUT2D eigenvalue weighted by Crippen LogP contribution is -2.47. The van der Waals surface area contributed by atoms with Crippen LogP contribution in [0, 0.1) is 0 Å². The van der Waals surface area contributed by atoms with E-state index in [-0.39, 0.29) is 40.5 Å². The molecule has 0 saturated carbocycles. The summed E-state index contributed by atoms with van der Waals surface area (Å²) in [5.74, 6) is -0.803. The molecule has 0 bridgehead atoms. The Bertz CT molecular complexity index is 832. The average Bonchev–Trinajstić information content (AvgIpc) is 2.56. The molecule has 28 heavy (non-hydrogen) atoms. The number of carbonyl (C=O) groups is 2. The van der Waals surface area contributed by atoms with Gasteiger partial charge in [0.2, 0.25) is 15.9 Å². The first-order valence-corrected chi connectivity index (χ1v) is 10.9. The molecule has 0 atom stereocenters. The highest BCUT2D eigenvalue weighted by Crippen LogP contribution is 2.24. The van der Waals surface area contributed by atoms with E-state index >= 15 is 0 Å². The van der Waals surface area contributed by atoms with Gasteiger partial charge in [-0.3, -0.25) is 9.59 Å². The smallest absolute Gasteiger partial charge is 0.255 e. The summed E-state index contributed by atoms with van der Waals surface area (Å²) in [6.07, 6.45) is 0. The summed E-state index contributed by atoms with van der Waals surface area (Å²) in [5.41, 5.74) is -0.377. The number of benzene rings is 1. The van der Waals surface area contributed by atoms with Crippen LogP contribution in [0.4, 0.5) is 0 Å². The van der Waals surface area contributed by atoms with Crippen LogP contribution in [0.1, 0.15) is 51.9 Å². The topological polar surface area (TPSA) is 86.8 Å². The van der Waals surface area contributed by atoms with Gasteiger partial charge in [0.25, 0.3) is 5.91 Å². The molecular weight excluding hydrogens is 402 g/mol. The third-order valence-electron chi connectivity index (χ3n) is 4.09. The van der Waals surface area contributed by atoms with Crippen molar-refractivity contribution in [3.8, 4) is 0 Å². The van der Waals surface area contributed by atoms with Crippen LogP contribution < -0.4 is 5.32 Å². The van der Waals surface area contributed by atoms with Crippen LogP contribution in [0.5, 0.6) is 0 Å². The van der Waals surface area contributed by atoms with Crippen molar-refractivity contribution in [2.45, 2.75) is 58.0 Å². The Labute approximate surface area is 173 Å². The SMILES string of the molecule is CCN(CC(=O)NC(C)(C)C)C(=O)c1cc(S(=O)(=O)N(C)C(C)C)ccc1Cl. The van der Waals surface area contributed by atoms with Gasteiger partial charge >= 0.3 is 0 Å². The Hall–Kier alpha value is -1.64. The van der Waals surface area contributed by atoms with Gasteiger partial charge in [0, 0.05) is 25.2 Å². The Morgan fingerprint density at radius 2 is 1.79 bits per heavy atom. The second-order valence-corrected chi connectivity index (χ2v) is 10.3. The van der Waals surface area contributed by atoms with Gasteiger partial charge in [-0.15, -0.1) is 0 Å². The minimum Gasteiger partial charge on any atom is -0.350 e. The zero-order chi connectivity index (χ0) is 21.9. The fourth-order valence-electron chi connectivity index (χ4n) is 2.40. The number of hydrogen-bond acceptors (Lipinski definition) is 4. The van der Waals surface area contributed by atoms with Gasteiger partial charge in [-0.05, 0) is 59.7 Å². The van der Waals surface area contributed by atoms with Gasteiger partial charge in [0.15, 0.2) is 0 Å². The monoisotopic (exact) mass is 431 g/mol. The van der Waals surface area contributed by atoms with E-state index in [4.69, 9.17) is 11.6 Å². The maximum atomic E-state index is 12.9. The Balaban J connectivity index is 3.21. The van der Waals surface area contributed by atoms with Gasteiger partial charge in [-0.1, -0.05) is 11.6 Å². The molecule has 158 valence electrons.